The minimum absolute atomic E-state index is 0.0581. The Morgan fingerprint density at radius 2 is 1.69 bits per heavy atom. The summed E-state index contributed by atoms with van der Waals surface area (Å²) in [7, 11) is 0. The molecule has 0 amide bonds. The molecule has 2 heterocycles. The molecular formula is C30H36O6. The molecule has 0 saturated carbocycles. The van der Waals surface area contributed by atoms with E-state index in [-0.39, 0.29) is 18.0 Å². The second kappa shape index (κ2) is 9.75. The lowest BCUT2D eigenvalue weighted by Gasteiger charge is -2.28. The van der Waals surface area contributed by atoms with Gasteiger partial charge in [-0.1, -0.05) is 23.3 Å². The number of ether oxygens (including phenoxy) is 2. The van der Waals surface area contributed by atoms with Crippen LogP contribution in [0.2, 0.25) is 0 Å². The van der Waals surface area contributed by atoms with E-state index in [9.17, 15) is 20.1 Å². The van der Waals surface area contributed by atoms with E-state index in [0.717, 1.165) is 22.3 Å². The van der Waals surface area contributed by atoms with Crippen molar-refractivity contribution in [3.8, 4) is 17.2 Å². The number of benzene rings is 2. The van der Waals surface area contributed by atoms with Gasteiger partial charge in [-0.25, -0.2) is 0 Å². The van der Waals surface area contributed by atoms with Gasteiger partial charge in [-0.3, -0.25) is 4.79 Å². The monoisotopic (exact) mass is 492 g/mol. The lowest BCUT2D eigenvalue weighted by molar-refractivity contribution is -0.0764. The summed E-state index contributed by atoms with van der Waals surface area (Å²) in [5, 5.41) is 32.2. The zero-order valence-corrected chi connectivity index (χ0v) is 21.9. The third kappa shape index (κ3) is 5.06. The molecule has 3 N–H and O–H groups in total. The number of rotatable bonds is 6. The molecule has 0 radical (unpaired) electrons. The molecule has 0 bridgehead atoms. The third-order valence-electron chi connectivity index (χ3n) is 6.75. The van der Waals surface area contributed by atoms with Gasteiger partial charge in [0.2, 0.25) is 0 Å². The summed E-state index contributed by atoms with van der Waals surface area (Å²) < 4.78 is 12.5. The van der Waals surface area contributed by atoms with Crippen molar-refractivity contribution < 1.29 is 29.6 Å². The van der Waals surface area contributed by atoms with Gasteiger partial charge in [-0.05, 0) is 89.8 Å². The molecule has 2 aromatic rings. The van der Waals surface area contributed by atoms with Crippen molar-refractivity contribution in [2.75, 3.05) is 0 Å². The van der Waals surface area contributed by atoms with Gasteiger partial charge in [0.25, 0.3) is 0 Å². The zero-order chi connectivity index (χ0) is 26.4. The van der Waals surface area contributed by atoms with Crippen LogP contribution in [0.5, 0.6) is 17.2 Å². The smallest absolute Gasteiger partial charge is 0.170 e. The Bertz CT molecular complexity index is 1240. The molecule has 6 heteroatoms. The number of aliphatic hydroxyl groups excluding tert-OH is 1. The highest BCUT2D eigenvalue weighted by Crippen LogP contribution is 2.47. The van der Waals surface area contributed by atoms with E-state index in [1.54, 1.807) is 26.0 Å². The number of Topliss-reactive ketones (excluding diaryl/α,β-unsaturated/α-hetero) is 1. The van der Waals surface area contributed by atoms with E-state index in [4.69, 9.17) is 9.47 Å². The highest BCUT2D eigenvalue weighted by molar-refractivity contribution is 6.00. The van der Waals surface area contributed by atoms with Crippen molar-refractivity contribution in [1.29, 1.82) is 0 Å². The van der Waals surface area contributed by atoms with Crippen LogP contribution in [-0.4, -0.2) is 32.8 Å². The van der Waals surface area contributed by atoms with E-state index in [2.05, 4.69) is 6.08 Å². The van der Waals surface area contributed by atoms with Crippen LogP contribution in [0.15, 0.2) is 47.6 Å². The number of carbonyl (C=O) groups is 1. The van der Waals surface area contributed by atoms with Crippen LogP contribution in [0.3, 0.4) is 0 Å². The van der Waals surface area contributed by atoms with E-state index in [0.29, 0.717) is 41.0 Å². The molecule has 0 aliphatic carbocycles. The van der Waals surface area contributed by atoms with Crippen molar-refractivity contribution in [2.24, 2.45) is 0 Å². The summed E-state index contributed by atoms with van der Waals surface area (Å²) in [6, 6.07) is 6.94. The molecule has 0 spiro atoms. The Hall–Kier alpha value is -3.09. The predicted molar refractivity (Wildman–Crippen MR) is 139 cm³/mol. The topological polar surface area (TPSA) is 96.2 Å². The molecular weight excluding hydrogens is 456 g/mol. The van der Waals surface area contributed by atoms with Crippen LogP contribution in [0.1, 0.15) is 92.8 Å². The van der Waals surface area contributed by atoms with Gasteiger partial charge in [0.15, 0.2) is 11.9 Å². The molecule has 192 valence electrons. The van der Waals surface area contributed by atoms with E-state index < -0.39 is 23.9 Å². The van der Waals surface area contributed by atoms with Crippen molar-refractivity contribution in [2.45, 2.75) is 84.7 Å². The molecule has 36 heavy (non-hydrogen) atoms. The van der Waals surface area contributed by atoms with E-state index >= 15 is 0 Å². The van der Waals surface area contributed by atoms with Crippen molar-refractivity contribution in [3.05, 3.63) is 75.4 Å². The first-order valence-electron chi connectivity index (χ1n) is 12.4. The summed E-state index contributed by atoms with van der Waals surface area (Å²) in [6.45, 7) is 11.2. The summed E-state index contributed by atoms with van der Waals surface area (Å²) in [5.74, 6) is 1.01. The number of hydrogen-bond acceptors (Lipinski definition) is 6. The van der Waals surface area contributed by atoms with Gasteiger partial charge in [0, 0.05) is 11.1 Å². The standard InChI is InChI=1S/C30H36O6/c1-16(2)7-9-18-13-19(14-22-26(33)29(30(5,6)34)36-27(18)22)25-15-24(32)21-11-12-23(31)20(28(21)35-25)10-8-17(3)4/h7-8,11-14,25-26,29,31,33-34H,9-10,15H2,1-6H3/t25-,26-,29-/m0/s1. The molecule has 0 unspecified atom stereocenters. The van der Waals surface area contributed by atoms with Crippen molar-refractivity contribution in [1.82, 2.24) is 0 Å². The minimum atomic E-state index is -1.25. The number of allylic oxidation sites excluding steroid dienone is 4. The zero-order valence-electron chi connectivity index (χ0n) is 21.9. The van der Waals surface area contributed by atoms with Gasteiger partial charge in [0.1, 0.15) is 29.5 Å². The molecule has 6 nitrogen and oxygen atoms in total. The lowest BCUT2D eigenvalue weighted by Crippen LogP contribution is -2.41. The van der Waals surface area contributed by atoms with E-state index in [1.165, 1.54) is 0 Å². The first kappa shape index (κ1) is 26.0. The molecule has 2 aliphatic rings. The van der Waals surface area contributed by atoms with Gasteiger partial charge in [-0.2, -0.15) is 0 Å². The maximum Gasteiger partial charge on any atom is 0.170 e. The minimum Gasteiger partial charge on any atom is -0.508 e. The second-order valence-electron chi connectivity index (χ2n) is 10.9. The fraction of sp³-hybridized carbons (Fsp3) is 0.433. The molecule has 0 fully saturated rings. The lowest BCUT2D eigenvalue weighted by atomic mass is 9.89. The number of aromatic hydroxyl groups is 1. The number of ketones is 1. The third-order valence-corrected chi connectivity index (χ3v) is 6.75. The van der Waals surface area contributed by atoms with Gasteiger partial charge >= 0.3 is 0 Å². The molecule has 3 atom stereocenters. The number of hydrogen-bond donors (Lipinski definition) is 3. The number of phenols is 1. The summed E-state index contributed by atoms with van der Waals surface area (Å²) in [6.07, 6.45) is 2.83. The summed E-state index contributed by atoms with van der Waals surface area (Å²) >= 11 is 0. The Balaban J connectivity index is 1.78. The molecule has 4 rings (SSSR count). The van der Waals surface area contributed by atoms with E-state index in [1.807, 2.05) is 45.9 Å². The van der Waals surface area contributed by atoms with Crippen LogP contribution in [0, 0.1) is 0 Å². The Labute approximate surface area is 212 Å². The predicted octanol–water partition coefficient (Wildman–Crippen LogP) is 5.68. The number of fused-ring (bicyclic) bond motifs is 2. The average Bonchev–Trinajstić information content (AvgIpc) is 3.13. The maximum absolute atomic E-state index is 13.2. The largest absolute Gasteiger partial charge is 0.508 e. The van der Waals surface area contributed by atoms with Gasteiger partial charge in [0.05, 0.1) is 17.6 Å². The second-order valence-corrected chi connectivity index (χ2v) is 10.9. The number of phenolic OH excluding ortho intramolecular Hbond substituents is 1. The Morgan fingerprint density at radius 3 is 2.33 bits per heavy atom. The van der Waals surface area contributed by atoms with Crippen LogP contribution < -0.4 is 9.47 Å². The van der Waals surface area contributed by atoms with Crippen molar-refractivity contribution >= 4 is 5.78 Å². The first-order chi connectivity index (χ1) is 16.9. The fourth-order valence-corrected chi connectivity index (χ4v) is 4.76. The van der Waals surface area contributed by atoms with Crippen LogP contribution in [-0.2, 0) is 12.8 Å². The van der Waals surface area contributed by atoms with Gasteiger partial charge < -0.3 is 24.8 Å². The van der Waals surface area contributed by atoms with Crippen LogP contribution >= 0.6 is 0 Å². The SMILES string of the molecule is CC(C)=CCc1cc([C@@H]2CC(=O)c3ccc(O)c(CC=C(C)C)c3O2)cc2c1O[C@H](C(C)(C)O)[C@H]2O. The van der Waals surface area contributed by atoms with Crippen molar-refractivity contribution in [3.63, 3.8) is 0 Å². The summed E-state index contributed by atoms with van der Waals surface area (Å²) in [4.78, 5) is 13.2. The Kier molecular flexibility index (Phi) is 7.04. The summed E-state index contributed by atoms with van der Waals surface area (Å²) in [5.41, 5.74) is 4.24. The first-order valence-corrected chi connectivity index (χ1v) is 12.4. The molecule has 2 aromatic carbocycles. The van der Waals surface area contributed by atoms with Gasteiger partial charge in [-0.15, -0.1) is 0 Å². The highest BCUT2D eigenvalue weighted by Gasteiger charge is 2.44. The normalized spacial score (nSPS) is 20.7. The van der Waals surface area contributed by atoms with Crippen LogP contribution in [0.25, 0.3) is 0 Å². The average molecular weight is 493 g/mol. The molecule has 2 aliphatic heterocycles. The number of aliphatic hydroxyl groups is 2. The van der Waals surface area contributed by atoms with Crippen LogP contribution in [0.4, 0.5) is 0 Å². The quantitative estimate of drug-likeness (QED) is 0.449. The highest BCUT2D eigenvalue weighted by atomic mass is 16.5. The molecule has 0 saturated heterocycles. The fourth-order valence-electron chi connectivity index (χ4n) is 4.76. The maximum atomic E-state index is 13.2. The number of carbonyl (C=O) groups excluding carboxylic acids is 1. The molecule has 0 aromatic heterocycles. The Morgan fingerprint density at radius 1 is 1.03 bits per heavy atom.